The number of carbonyl (C=O) groups excluding carboxylic acids is 3. The number of nitrogens with one attached hydrogen (secondary N) is 1. The highest BCUT2D eigenvalue weighted by Gasteiger charge is 2.70. The lowest BCUT2D eigenvalue weighted by molar-refractivity contribution is -0.232. The third kappa shape index (κ3) is 5.78. The van der Waals surface area contributed by atoms with Crippen LogP contribution in [0.4, 0.5) is 0 Å². The molecule has 0 aromatic carbocycles. The van der Waals surface area contributed by atoms with Gasteiger partial charge in [-0.2, -0.15) is 4.67 Å². The van der Waals surface area contributed by atoms with E-state index < -0.39 is 28.3 Å². The van der Waals surface area contributed by atoms with E-state index in [1.165, 1.54) is 5.57 Å². The molecule has 9 nitrogen and oxygen atoms in total. The molecular formula is C45H62N3O6+. The molecule has 6 aliphatic carbocycles. The zero-order valence-electron chi connectivity index (χ0n) is 34.1. The zero-order chi connectivity index (χ0) is 39.3. The number of aliphatic carboxylic acids is 1. The van der Waals surface area contributed by atoms with Gasteiger partial charge < -0.3 is 15.2 Å². The van der Waals surface area contributed by atoms with Gasteiger partial charge in [0.2, 0.25) is 5.91 Å². The first-order valence-electron chi connectivity index (χ1n) is 20.6. The van der Waals surface area contributed by atoms with Crippen LogP contribution in [0.15, 0.2) is 34.4 Å². The fourth-order valence-electron chi connectivity index (χ4n) is 13.2. The van der Waals surface area contributed by atoms with Crippen LogP contribution in [-0.4, -0.2) is 58.3 Å². The molecule has 1 heterocycles. The summed E-state index contributed by atoms with van der Waals surface area (Å²) in [5, 5.41) is 12.8. The third-order valence-electron chi connectivity index (χ3n) is 16.5. The van der Waals surface area contributed by atoms with Gasteiger partial charge in [-0.05, 0) is 140 Å². The molecule has 1 amide bonds. The Balaban J connectivity index is 1.15. The minimum atomic E-state index is -1.17. The Morgan fingerprint density at radius 2 is 1.72 bits per heavy atom. The summed E-state index contributed by atoms with van der Waals surface area (Å²) in [6.45, 7) is 19.6. The molecule has 1 aliphatic heterocycles. The number of hydrogen-bond donors (Lipinski definition) is 2. The first-order valence-corrected chi connectivity index (χ1v) is 20.6. The van der Waals surface area contributed by atoms with Crippen molar-refractivity contribution in [3.05, 3.63) is 29.4 Å². The lowest BCUT2D eigenvalue weighted by atomic mass is 9.33. The van der Waals surface area contributed by atoms with Crippen molar-refractivity contribution in [1.29, 1.82) is 0 Å². The Morgan fingerprint density at radius 1 is 1.00 bits per heavy atom. The lowest BCUT2D eigenvalue weighted by Crippen LogP contribution is -2.65. The summed E-state index contributed by atoms with van der Waals surface area (Å²) in [6, 6.07) is 0. The van der Waals surface area contributed by atoms with Gasteiger partial charge >= 0.3 is 17.8 Å². The number of ketones is 1. The number of fused-ring (bicyclic) bond motifs is 7. The number of aliphatic imine (C=N–C) groups is 1. The van der Waals surface area contributed by atoms with Gasteiger partial charge in [0.05, 0.1) is 17.9 Å². The predicted octanol–water partition coefficient (Wildman–Crippen LogP) is 7.36. The summed E-state index contributed by atoms with van der Waals surface area (Å²) >= 11 is 0. The lowest BCUT2D eigenvalue weighted by Gasteiger charge is -2.72. The van der Waals surface area contributed by atoms with E-state index in [0.717, 1.165) is 69.8 Å². The molecule has 0 aromatic heterocycles. The topological polar surface area (TPSA) is 136 Å². The van der Waals surface area contributed by atoms with Crippen LogP contribution in [0.5, 0.6) is 0 Å². The molecule has 9 heteroatoms. The van der Waals surface area contributed by atoms with Crippen molar-refractivity contribution in [2.24, 2.45) is 61.2 Å². The fraction of sp³-hybridized carbons (Fsp3) is 0.733. The van der Waals surface area contributed by atoms with Crippen LogP contribution in [0, 0.1) is 56.2 Å². The van der Waals surface area contributed by atoms with Crippen LogP contribution < -0.4 is 9.98 Å². The van der Waals surface area contributed by atoms with Crippen LogP contribution in [0.1, 0.15) is 139 Å². The summed E-state index contributed by atoms with van der Waals surface area (Å²) in [5.74, 6) is 3.31. The number of esters is 1. The second kappa shape index (κ2) is 12.7. The van der Waals surface area contributed by atoms with E-state index in [4.69, 9.17) is 4.74 Å². The number of carboxylic acids is 1. The zero-order valence-corrected chi connectivity index (χ0v) is 34.1. The van der Waals surface area contributed by atoms with E-state index in [9.17, 15) is 24.3 Å². The number of ether oxygens (including phenoxy) is 1. The summed E-state index contributed by atoms with van der Waals surface area (Å²) in [4.78, 5) is 56.9. The van der Waals surface area contributed by atoms with Crippen molar-refractivity contribution in [1.82, 2.24) is 9.98 Å². The number of hydrogen-bond acceptors (Lipinski definition) is 6. The van der Waals surface area contributed by atoms with E-state index in [-0.39, 0.29) is 57.7 Å². The molecule has 7 aliphatic rings. The second-order valence-corrected chi connectivity index (χ2v) is 20.5. The maximum Gasteiger partial charge on any atom is 0.426 e. The van der Waals surface area contributed by atoms with Gasteiger partial charge in [0.25, 0.3) is 0 Å². The minimum Gasteiger partial charge on any atom is -0.481 e. The smallest absolute Gasteiger partial charge is 0.426 e. The molecule has 8 atom stereocenters. The summed E-state index contributed by atoms with van der Waals surface area (Å²) in [6.07, 6.45) is 16.6. The Labute approximate surface area is 321 Å². The molecule has 292 valence electrons. The van der Waals surface area contributed by atoms with Crippen molar-refractivity contribution in [2.75, 3.05) is 0 Å². The average Bonchev–Trinajstić information content (AvgIpc) is 3.80. The van der Waals surface area contributed by atoms with Gasteiger partial charge in [-0.3, -0.25) is 19.2 Å². The van der Waals surface area contributed by atoms with E-state index in [1.54, 1.807) is 32.2 Å². The maximum atomic E-state index is 14.0. The quantitative estimate of drug-likeness (QED) is 0.144. The van der Waals surface area contributed by atoms with E-state index in [1.807, 2.05) is 0 Å². The molecule has 0 radical (unpaired) electrons. The monoisotopic (exact) mass is 740 g/mol. The van der Waals surface area contributed by atoms with Gasteiger partial charge in [0.15, 0.2) is 23.4 Å². The standard InChI is InChI=1S/C45H61N3O6/c1-27(2)35-29(49)25-44(18-15-33(50)48-45(21-22-45)37-46-23-10-24-47-37)20-19-42(8)28(36(35)44)11-12-31-41(7)16-14-32(54-34(51)26-39(3,4)38(52)53)40(5,6)30(41)13-17-43(31,42)9/h10,15,18,23,27-28,30-32H,11-14,16-17,19-22,25-26H2,1-9H3,(H-,48,50,52,53)/p+1. The minimum absolute atomic E-state index is 0.0152. The number of amides is 1. The molecule has 0 spiro atoms. The molecule has 7 rings (SSSR count). The van der Waals surface area contributed by atoms with Gasteiger partial charge in [-0.1, -0.05) is 54.5 Å². The van der Waals surface area contributed by atoms with Crippen molar-refractivity contribution in [2.45, 2.75) is 151 Å². The summed E-state index contributed by atoms with van der Waals surface area (Å²) in [7, 11) is 0. The third-order valence-corrected chi connectivity index (χ3v) is 16.5. The van der Waals surface area contributed by atoms with Gasteiger partial charge in [0.1, 0.15) is 6.10 Å². The van der Waals surface area contributed by atoms with Crippen molar-refractivity contribution in [3.63, 3.8) is 0 Å². The van der Waals surface area contributed by atoms with Crippen LogP contribution in [0.2, 0.25) is 0 Å². The normalized spacial score (nSPS) is 38.7. The number of amidine groups is 1. The second-order valence-electron chi connectivity index (χ2n) is 20.5. The van der Waals surface area contributed by atoms with E-state index in [2.05, 4.69) is 75.4 Å². The molecular weight excluding hydrogens is 679 g/mol. The average molecular weight is 741 g/mol. The van der Waals surface area contributed by atoms with E-state index >= 15 is 0 Å². The molecule has 0 saturated heterocycles. The van der Waals surface area contributed by atoms with Crippen LogP contribution in [0.3, 0.4) is 0 Å². The highest BCUT2D eigenvalue weighted by atomic mass is 16.5. The number of carbonyl (C=O) groups is 4. The van der Waals surface area contributed by atoms with Gasteiger partial charge in [-0.25, -0.2) is 0 Å². The van der Waals surface area contributed by atoms with Crippen LogP contribution in [-0.2, 0) is 23.9 Å². The number of nitrogens with zero attached hydrogens (tertiary/aromatic N) is 2. The van der Waals surface area contributed by atoms with Crippen molar-refractivity contribution < 1.29 is 29.0 Å². The molecule has 2 N–H and O–H groups in total. The maximum absolute atomic E-state index is 14.0. The summed E-state index contributed by atoms with van der Waals surface area (Å²) in [5.41, 5.74) is -0.00913. The van der Waals surface area contributed by atoms with Crippen molar-refractivity contribution in [3.8, 4) is 0 Å². The molecule has 5 fully saturated rings. The first-order chi connectivity index (χ1) is 25.2. The number of Topliss-reactive ketones (excluding diaryl/α,β-unsaturated/α-hetero) is 1. The van der Waals surface area contributed by atoms with Crippen LogP contribution in [0.25, 0.3) is 0 Å². The highest BCUT2D eigenvalue weighted by Crippen LogP contribution is 2.77. The summed E-state index contributed by atoms with van der Waals surface area (Å²) < 4.78 is 10.5. The Bertz CT molecular complexity index is 1870. The highest BCUT2D eigenvalue weighted by molar-refractivity contribution is 6.07. The molecule has 0 bridgehead atoms. The number of allylic oxidation sites excluding steroid dienone is 4. The van der Waals surface area contributed by atoms with Gasteiger partial charge in [0, 0.05) is 17.3 Å². The molecule has 8 unspecified atom stereocenters. The number of rotatable bonds is 9. The molecule has 5 saturated carbocycles. The Hall–Kier alpha value is -3.54. The van der Waals surface area contributed by atoms with Crippen molar-refractivity contribution >= 4 is 41.5 Å². The van der Waals surface area contributed by atoms with Gasteiger partial charge in [-0.15, -0.1) is 0 Å². The number of carboxylic acid groups (broad SMARTS) is 1. The first kappa shape index (κ1) is 38.7. The Morgan fingerprint density at radius 3 is 2.35 bits per heavy atom. The van der Waals surface area contributed by atoms with Crippen LogP contribution >= 0.6 is 0 Å². The molecule has 0 aromatic rings. The fourth-order valence-corrected chi connectivity index (χ4v) is 13.2. The van der Waals surface area contributed by atoms with E-state index in [0.29, 0.717) is 24.1 Å². The predicted molar refractivity (Wildman–Crippen MR) is 210 cm³/mol. The SMILES string of the molecule is CC(C)C1=C2C3CCC4C5(C)CCC(OC(=O)CC(C)(C)C(=O)O)C(C)(C)C5CCC4(C)C3(C)CCC2(C=CC(=O)NC2(C3=[N+]=C=CC=N3)CC2)CC1=O. The largest absolute Gasteiger partial charge is 0.481 e. The molecule has 54 heavy (non-hydrogen) atoms. The Kier molecular flexibility index (Phi) is 9.14.